The van der Waals surface area contributed by atoms with Crippen molar-refractivity contribution in [2.75, 3.05) is 45.1 Å². The molecule has 1 aliphatic carbocycles. The van der Waals surface area contributed by atoms with Gasteiger partial charge in [-0.2, -0.15) is 5.26 Å². The Hall–Kier alpha value is -1.42. The van der Waals surface area contributed by atoms with Crippen LogP contribution in [0, 0.1) is 22.7 Å². The first kappa shape index (κ1) is 19.3. The lowest BCUT2D eigenvalue weighted by atomic mass is 9.72. The van der Waals surface area contributed by atoms with Gasteiger partial charge in [-0.25, -0.2) is 0 Å². The van der Waals surface area contributed by atoms with Gasteiger partial charge >= 0.3 is 0 Å². The van der Waals surface area contributed by atoms with Gasteiger partial charge in [0.25, 0.3) is 0 Å². The lowest BCUT2D eigenvalue weighted by Gasteiger charge is -2.33. The molecular formula is C20H30N4OS. The summed E-state index contributed by atoms with van der Waals surface area (Å²) in [6.07, 6.45) is 3.09. The van der Waals surface area contributed by atoms with Gasteiger partial charge in [0.05, 0.1) is 12.1 Å². The van der Waals surface area contributed by atoms with E-state index >= 15 is 0 Å². The molecule has 5 nitrogen and oxygen atoms in total. The highest BCUT2D eigenvalue weighted by atomic mass is 32.1. The first-order valence-corrected chi connectivity index (χ1v) is 10.3. The number of nitriles is 1. The summed E-state index contributed by atoms with van der Waals surface area (Å²) in [5.41, 5.74) is 2.15. The van der Waals surface area contributed by atoms with Gasteiger partial charge in [0.1, 0.15) is 11.1 Å². The van der Waals surface area contributed by atoms with E-state index in [0.717, 1.165) is 50.4 Å². The molecule has 6 heteroatoms. The molecule has 0 aromatic carbocycles. The van der Waals surface area contributed by atoms with Crippen LogP contribution in [0.2, 0.25) is 0 Å². The highest BCUT2D eigenvalue weighted by Gasteiger charge is 2.32. The molecule has 0 bridgehead atoms. The van der Waals surface area contributed by atoms with Crippen molar-refractivity contribution in [3.63, 3.8) is 0 Å². The monoisotopic (exact) mass is 374 g/mol. The summed E-state index contributed by atoms with van der Waals surface area (Å²) in [6.45, 7) is 11.1. The SMILES string of the molecule is CN1CCN(CC(=O)Nc2sc3c(c2C#N)CCC(C(C)(C)C)C3)CC1. The number of likely N-dealkylation sites (N-methyl/N-ethyl adjacent to an activating group) is 1. The maximum Gasteiger partial charge on any atom is 0.239 e. The Bertz CT molecular complexity index is 705. The number of nitrogens with zero attached hydrogens (tertiary/aromatic N) is 3. The molecule has 0 spiro atoms. The Balaban J connectivity index is 1.68. The lowest BCUT2D eigenvalue weighted by molar-refractivity contribution is -0.117. The molecule has 1 unspecified atom stereocenters. The average molecular weight is 375 g/mol. The van der Waals surface area contributed by atoms with Crippen LogP contribution in [0.5, 0.6) is 0 Å². The molecule has 0 saturated carbocycles. The number of anilines is 1. The summed E-state index contributed by atoms with van der Waals surface area (Å²) < 4.78 is 0. The van der Waals surface area contributed by atoms with Crippen molar-refractivity contribution in [3.05, 3.63) is 16.0 Å². The van der Waals surface area contributed by atoms with Gasteiger partial charge < -0.3 is 10.2 Å². The number of carbonyl (C=O) groups excluding carboxylic acids is 1. The number of rotatable bonds is 3. The molecule has 1 fully saturated rings. The minimum atomic E-state index is -0.00276. The second kappa shape index (κ2) is 7.67. The number of fused-ring (bicyclic) bond motifs is 1. The van der Waals surface area contributed by atoms with Gasteiger partial charge in [-0.05, 0) is 43.2 Å². The van der Waals surface area contributed by atoms with Crippen LogP contribution in [-0.4, -0.2) is 55.5 Å². The van der Waals surface area contributed by atoms with Crippen molar-refractivity contribution in [1.29, 1.82) is 5.26 Å². The van der Waals surface area contributed by atoms with Crippen molar-refractivity contribution < 1.29 is 4.79 Å². The number of hydrogen-bond acceptors (Lipinski definition) is 5. The molecule has 1 aliphatic heterocycles. The Morgan fingerprint density at radius 1 is 1.31 bits per heavy atom. The largest absolute Gasteiger partial charge is 0.315 e. The fourth-order valence-corrected chi connectivity index (χ4v) is 5.20. The molecule has 1 saturated heterocycles. The third kappa shape index (κ3) is 4.28. The fourth-order valence-electron chi connectivity index (χ4n) is 3.91. The van der Waals surface area contributed by atoms with Gasteiger partial charge in [0.2, 0.25) is 5.91 Å². The molecule has 1 N–H and O–H groups in total. The molecule has 1 atom stereocenters. The van der Waals surface area contributed by atoms with E-state index in [-0.39, 0.29) is 11.3 Å². The highest BCUT2D eigenvalue weighted by molar-refractivity contribution is 7.16. The number of carbonyl (C=O) groups is 1. The summed E-state index contributed by atoms with van der Waals surface area (Å²) in [5, 5.41) is 13.4. The molecule has 1 amide bonds. The van der Waals surface area contributed by atoms with Crippen LogP contribution in [0.4, 0.5) is 5.00 Å². The number of hydrogen-bond donors (Lipinski definition) is 1. The summed E-state index contributed by atoms with van der Waals surface area (Å²) in [5.74, 6) is 0.631. The predicted octanol–water partition coefficient (Wildman–Crippen LogP) is 2.96. The van der Waals surface area contributed by atoms with Gasteiger partial charge in [-0.3, -0.25) is 9.69 Å². The van der Waals surface area contributed by atoms with Crippen molar-refractivity contribution in [1.82, 2.24) is 9.80 Å². The topological polar surface area (TPSA) is 59.4 Å². The summed E-state index contributed by atoms with van der Waals surface area (Å²) in [4.78, 5) is 18.3. The van der Waals surface area contributed by atoms with Gasteiger partial charge in [-0.1, -0.05) is 20.8 Å². The normalized spacial score (nSPS) is 21.9. The molecule has 0 radical (unpaired) electrons. The second-order valence-corrected chi connectivity index (χ2v) is 9.86. The van der Waals surface area contributed by atoms with E-state index in [0.29, 0.717) is 18.0 Å². The Kier molecular flexibility index (Phi) is 5.71. The maximum absolute atomic E-state index is 12.5. The number of thiophene rings is 1. The Labute approximate surface area is 161 Å². The standard InChI is InChI=1S/C20H30N4OS/c1-20(2,3)14-5-6-15-16(12-21)19(26-17(15)11-14)22-18(25)13-24-9-7-23(4)8-10-24/h14H,5-11,13H2,1-4H3,(H,22,25). The van der Waals surface area contributed by atoms with Crippen LogP contribution in [0.3, 0.4) is 0 Å². The number of amides is 1. The molecule has 2 aliphatic rings. The van der Waals surface area contributed by atoms with E-state index in [1.165, 1.54) is 10.4 Å². The van der Waals surface area contributed by atoms with E-state index < -0.39 is 0 Å². The van der Waals surface area contributed by atoms with Crippen LogP contribution in [-0.2, 0) is 17.6 Å². The van der Waals surface area contributed by atoms with Crippen LogP contribution >= 0.6 is 11.3 Å². The fraction of sp³-hybridized carbons (Fsp3) is 0.700. The molecule has 1 aromatic heterocycles. The lowest BCUT2D eigenvalue weighted by Crippen LogP contribution is -2.47. The minimum Gasteiger partial charge on any atom is -0.315 e. The number of nitrogens with one attached hydrogen (secondary N) is 1. The summed E-state index contributed by atoms with van der Waals surface area (Å²) in [7, 11) is 2.11. The molecule has 26 heavy (non-hydrogen) atoms. The zero-order valence-electron chi connectivity index (χ0n) is 16.4. The minimum absolute atomic E-state index is 0.00276. The third-order valence-corrected chi connectivity index (χ3v) is 6.99. The summed E-state index contributed by atoms with van der Waals surface area (Å²) >= 11 is 1.62. The average Bonchev–Trinajstić information content (AvgIpc) is 2.92. The van der Waals surface area contributed by atoms with Crippen molar-refractivity contribution in [2.24, 2.45) is 11.3 Å². The molecular weight excluding hydrogens is 344 g/mol. The summed E-state index contributed by atoms with van der Waals surface area (Å²) in [6, 6.07) is 2.35. The number of piperazine rings is 1. The molecule has 142 valence electrons. The maximum atomic E-state index is 12.5. The zero-order chi connectivity index (χ0) is 18.9. The van der Waals surface area contributed by atoms with Crippen LogP contribution in [0.25, 0.3) is 0 Å². The second-order valence-electron chi connectivity index (χ2n) is 8.75. The van der Waals surface area contributed by atoms with Crippen molar-refractivity contribution in [2.45, 2.75) is 40.0 Å². The molecule has 2 heterocycles. The van der Waals surface area contributed by atoms with Crippen molar-refractivity contribution >= 4 is 22.2 Å². The van der Waals surface area contributed by atoms with E-state index in [4.69, 9.17) is 0 Å². The quantitative estimate of drug-likeness (QED) is 0.884. The van der Waals surface area contributed by atoms with Crippen LogP contribution in [0.15, 0.2) is 0 Å². The predicted molar refractivity (Wildman–Crippen MR) is 107 cm³/mol. The Morgan fingerprint density at radius 3 is 2.62 bits per heavy atom. The van der Waals surface area contributed by atoms with Crippen LogP contribution < -0.4 is 5.32 Å². The van der Waals surface area contributed by atoms with E-state index in [1.807, 2.05) is 0 Å². The van der Waals surface area contributed by atoms with Gasteiger partial charge in [-0.15, -0.1) is 11.3 Å². The van der Waals surface area contributed by atoms with E-state index in [2.05, 4.69) is 49.0 Å². The first-order valence-electron chi connectivity index (χ1n) is 9.53. The molecule has 3 rings (SSSR count). The highest BCUT2D eigenvalue weighted by Crippen LogP contribution is 2.43. The van der Waals surface area contributed by atoms with Crippen LogP contribution in [0.1, 0.15) is 43.2 Å². The Morgan fingerprint density at radius 2 is 2.00 bits per heavy atom. The third-order valence-electron chi connectivity index (χ3n) is 5.82. The smallest absolute Gasteiger partial charge is 0.239 e. The first-order chi connectivity index (χ1) is 12.3. The zero-order valence-corrected chi connectivity index (χ0v) is 17.2. The van der Waals surface area contributed by atoms with Gasteiger partial charge in [0, 0.05) is 31.1 Å². The van der Waals surface area contributed by atoms with E-state index in [1.54, 1.807) is 11.3 Å². The van der Waals surface area contributed by atoms with E-state index in [9.17, 15) is 10.1 Å². The molecule has 1 aromatic rings. The van der Waals surface area contributed by atoms with Gasteiger partial charge in [0.15, 0.2) is 0 Å². The van der Waals surface area contributed by atoms with Crippen molar-refractivity contribution in [3.8, 4) is 6.07 Å².